The highest BCUT2D eigenvalue weighted by atomic mass is 32.2. The van der Waals surface area contributed by atoms with Crippen molar-refractivity contribution in [2.45, 2.75) is 67.9 Å². The van der Waals surface area contributed by atoms with E-state index in [2.05, 4.69) is 10.1 Å². The summed E-state index contributed by atoms with van der Waals surface area (Å²) in [6, 6.07) is 1.64. The molecule has 0 unspecified atom stereocenters. The molecule has 2 aliphatic heterocycles. The quantitative estimate of drug-likeness (QED) is 0.647. The Balaban J connectivity index is 1.22. The molecule has 5 rings (SSSR count). The summed E-state index contributed by atoms with van der Waals surface area (Å²) in [5, 5.41) is 5.82. The second-order valence-corrected chi connectivity index (χ2v) is 12.2. The average molecular weight is 479 g/mol. The normalized spacial score (nSPS) is 21.9. The number of carbonyl (C=O) groups excluding carboxylic acids is 1. The minimum Gasteiger partial charge on any atom is -0.342 e. The molecule has 2 aromatic rings. The van der Waals surface area contributed by atoms with Gasteiger partial charge in [-0.2, -0.15) is 9.29 Å². The molecule has 0 radical (unpaired) electrons. The Kier molecular flexibility index (Phi) is 6.35. The van der Waals surface area contributed by atoms with E-state index in [9.17, 15) is 13.2 Å². The first-order valence-electron chi connectivity index (χ1n) is 11.7. The molecule has 4 heterocycles. The Morgan fingerprint density at radius 3 is 2.38 bits per heavy atom. The van der Waals surface area contributed by atoms with E-state index in [1.165, 1.54) is 34.9 Å². The number of hydrogen-bond acceptors (Lipinski definition) is 7. The van der Waals surface area contributed by atoms with Crippen LogP contribution in [-0.4, -0.2) is 59.8 Å². The molecule has 0 aromatic carbocycles. The minimum absolute atomic E-state index is 0.0669. The summed E-state index contributed by atoms with van der Waals surface area (Å²) in [6.07, 6.45) is 9.02. The summed E-state index contributed by atoms with van der Waals surface area (Å²) in [5.41, 5.74) is 0.675. The molecule has 32 heavy (non-hydrogen) atoms. The zero-order chi connectivity index (χ0) is 22.1. The molecule has 0 spiro atoms. The molecule has 0 bridgehead atoms. The van der Waals surface area contributed by atoms with E-state index in [4.69, 9.17) is 4.52 Å². The van der Waals surface area contributed by atoms with E-state index < -0.39 is 10.0 Å². The predicted octanol–water partition coefficient (Wildman–Crippen LogP) is 3.87. The van der Waals surface area contributed by atoms with Gasteiger partial charge in [-0.05, 0) is 44.6 Å². The first-order chi connectivity index (χ1) is 15.5. The maximum absolute atomic E-state index is 13.2. The number of nitrogens with zero attached hydrogens (tertiary/aromatic N) is 4. The Morgan fingerprint density at radius 1 is 1.00 bits per heavy atom. The van der Waals surface area contributed by atoms with Gasteiger partial charge in [-0.3, -0.25) is 4.79 Å². The molecular weight excluding hydrogens is 448 g/mol. The standard InChI is InChI=1S/C22H30N4O4S2/c27-22(25-10-3-1-2-4-11-25)17-8-12-26(13-9-17)32(28,29)19-14-18(15-31-19)20-23-21(30-24-20)16-6-5-7-16/h14-17H,1-13H2. The van der Waals surface area contributed by atoms with Gasteiger partial charge in [0.1, 0.15) is 4.21 Å². The van der Waals surface area contributed by atoms with Crippen LogP contribution in [0.3, 0.4) is 0 Å². The summed E-state index contributed by atoms with van der Waals surface area (Å²) in [7, 11) is -3.59. The number of amides is 1. The molecule has 3 fully saturated rings. The molecule has 10 heteroatoms. The number of aromatic nitrogens is 2. The van der Waals surface area contributed by atoms with Crippen LogP contribution < -0.4 is 0 Å². The fourth-order valence-electron chi connectivity index (χ4n) is 4.76. The molecule has 3 aliphatic rings. The fraction of sp³-hybridized carbons (Fsp3) is 0.682. The van der Waals surface area contributed by atoms with Gasteiger partial charge in [-0.1, -0.05) is 24.4 Å². The van der Waals surface area contributed by atoms with E-state index in [0.29, 0.717) is 53.3 Å². The molecule has 1 amide bonds. The second kappa shape index (κ2) is 9.23. The van der Waals surface area contributed by atoms with Crippen LogP contribution in [0.4, 0.5) is 0 Å². The highest BCUT2D eigenvalue weighted by Crippen LogP contribution is 2.37. The first kappa shape index (κ1) is 22.0. The third-order valence-corrected chi connectivity index (χ3v) is 10.4. The van der Waals surface area contributed by atoms with Crippen LogP contribution in [0.25, 0.3) is 11.4 Å². The highest BCUT2D eigenvalue weighted by molar-refractivity contribution is 7.91. The van der Waals surface area contributed by atoms with Crippen LogP contribution in [0.2, 0.25) is 0 Å². The van der Waals surface area contributed by atoms with Crippen molar-refractivity contribution < 1.29 is 17.7 Å². The van der Waals surface area contributed by atoms with Gasteiger partial charge in [0.2, 0.25) is 17.6 Å². The zero-order valence-electron chi connectivity index (χ0n) is 18.2. The lowest BCUT2D eigenvalue weighted by atomic mass is 9.85. The van der Waals surface area contributed by atoms with E-state index in [1.807, 2.05) is 4.90 Å². The molecule has 174 valence electrons. The van der Waals surface area contributed by atoms with Gasteiger partial charge in [0.25, 0.3) is 10.0 Å². The van der Waals surface area contributed by atoms with Crippen molar-refractivity contribution in [1.82, 2.24) is 19.3 Å². The van der Waals surface area contributed by atoms with Crippen molar-refractivity contribution in [2.75, 3.05) is 26.2 Å². The van der Waals surface area contributed by atoms with Crippen LogP contribution in [0.15, 0.2) is 20.2 Å². The van der Waals surface area contributed by atoms with E-state index in [1.54, 1.807) is 11.4 Å². The predicted molar refractivity (Wildman–Crippen MR) is 121 cm³/mol. The molecule has 2 saturated heterocycles. The Hall–Kier alpha value is -1.78. The maximum atomic E-state index is 13.2. The minimum atomic E-state index is -3.59. The van der Waals surface area contributed by atoms with E-state index in [-0.39, 0.29) is 11.8 Å². The van der Waals surface area contributed by atoms with Crippen molar-refractivity contribution in [1.29, 1.82) is 0 Å². The SMILES string of the molecule is O=C(C1CCN(S(=O)(=O)c2cc(-c3noc(C4CCC4)n3)cs2)CC1)N1CCCCCC1. The van der Waals surface area contributed by atoms with Gasteiger partial charge in [-0.25, -0.2) is 8.42 Å². The molecule has 0 atom stereocenters. The number of hydrogen-bond donors (Lipinski definition) is 0. The summed E-state index contributed by atoms with van der Waals surface area (Å²) < 4.78 is 33.6. The number of carbonyl (C=O) groups is 1. The molecule has 1 aliphatic carbocycles. The largest absolute Gasteiger partial charge is 0.342 e. The number of sulfonamides is 1. The van der Waals surface area contributed by atoms with Crippen molar-refractivity contribution in [3.8, 4) is 11.4 Å². The molecule has 0 N–H and O–H groups in total. The van der Waals surface area contributed by atoms with Crippen LogP contribution in [0.5, 0.6) is 0 Å². The number of likely N-dealkylation sites (tertiary alicyclic amines) is 1. The maximum Gasteiger partial charge on any atom is 0.252 e. The lowest BCUT2D eigenvalue weighted by molar-refractivity contribution is -0.136. The lowest BCUT2D eigenvalue weighted by Crippen LogP contribution is -2.44. The number of rotatable bonds is 5. The van der Waals surface area contributed by atoms with Gasteiger partial charge < -0.3 is 9.42 Å². The van der Waals surface area contributed by atoms with Gasteiger partial charge in [-0.15, -0.1) is 11.3 Å². The Labute approximate surface area is 193 Å². The van der Waals surface area contributed by atoms with Crippen LogP contribution in [-0.2, 0) is 14.8 Å². The lowest BCUT2D eigenvalue weighted by Gasteiger charge is -2.33. The van der Waals surface area contributed by atoms with Crippen LogP contribution >= 0.6 is 11.3 Å². The number of thiophene rings is 1. The van der Waals surface area contributed by atoms with Crippen molar-refractivity contribution in [3.63, 3.8) is 0 Å². The molecular formula is C22H30N4O4S2. The fourth-order valence-corrected chi connectivity index (χ4v) is 7.54. The summed E-state index contributed by atoms with van der Waals surface area (Å²) >= 11 is 1.19. The monoisotopic (exact) mass is 478 g/mol. The molecule has 2 aromatic heterocycles. The third kappa shape index (κ3) is 4.36. The molecule has 1 saturated carbocycles. The van der Waals surface area contributed by atoms with E-state index >= 15 is 0 Å². The highest BCUT2D eigenvalue weighted by Gasteiger charge is 2.35. The van der Waals surface area contributed by atoms with Gasteiger partial charge in [0.05, 0.1) is 0 Å². The van der Waals surface area contributed by atoms with Gasteiger partial charge in [0, 0.05) is 49.0 Å². The van der Waals surface area contributed by atoms with E-state index in [0.717, 1.165) is 38.8 Å². The summed E-state index contributed by atoms with van der Waals surface area (Å²) in [6.45, 7) is 2.45. The number of piperidine rings is 1. The van der Waals surface area contributed by atoms with Crippen molar-refractivity contribution >= 4 is 27.3 Å². The second-order valence-electron chi connectivity index (χ2n) is 9.16. The summed E-state index contributed by atoms with van der Waals surface area (Å²) in [4.78, 5) is 19.4. The van der Waals surface area contributed by atoms with Crippen molar-refractivity contribution in [3.05, 3.63) is 17.3 Å². The smallest absolute Gasteiger partial charge is 0.252 e. The average Bonchev–Trinajstić information content (AvgIpc) is 3.36. The van der Waals surface area contributed by atoms with Gasteiger partial charge in [0.15, 0.2) is 0 Å². The topological polar surface area (TPSA) is 96.6 Å². The third-order valence-electron chi connectivity index (χ3n) is 7.04. The Bertz CT molecular complexity index is 1040. The zero-order valence-corrected chi connectivity index (χ0v) is 19.9. The summed E-state index contributed by atoms with van der Waals surface area (Å²) in [5.74, 6) is 1.59. The molecule has 8 nitrogen and oxygen atoms in total. The van der Waals surface area contributed by atoms with Crippen LogP contribution in [0, 0.1) is 5.92 Å². The first-order valence-corrected chi connectivity index (χ1v) is 14.1. The Morgan fingerprint density at radius 2 is 1.72 bits per heavy atom. The van der Waals surface area contributed by atoms with Gasteiger partial charge >= 0.3 is 0 Å². The van der Waals surface area contributed by atoms with Crippen LogP contribution in [0.1, 0.15) is 69.6 Å². The van der Waals surface area contributed by atoms with Crippen molar-refractivity contribution in [2.24, 2.45) is 5.92 Å².